The lowest BCUT2D eigenvalue weighted by Crippen LogP contribution is -1.87. The van der Waals surface area contributed by atoms with E-state index in [-0.39, 0.29) is 0 Å². The molecule has 0 saturated carbocycles. The van der Waals surface area contributed by atoms with Crippen molar-refractivity contribution in [1.82, 2.24) is 0 Å². The summed E-state index contributed by atoms with van der Waals surface area (Å²) in [6.45, 7) is 2.13. The van der Waals surface area contributed by atoms with E-state index in [9.17, 15) is 0 Å². The molecule has 0 nitrogen and oxygen atoms in total. The van der Waals surface area contributed by atoms with Crippen molar-refractivity contribution in [3.05, 3.63) is 45.5 Å². The van der Waals surface area contributed by atoms with E-state index in [1.54, 1.807) is 0 Å². The smallest absolute Gasteiger partial charge is 0.0595 e. The Morgan fingerprint density at radius 2 is 2.07 bits per heavy atom. The van der Waals surface area contributed by atoms with Gasteiger partial charge < -0.3 is 0 Å². The zero-order valence-electron chi connectivity index (χ0n) is 8.56. The fraction of sp³-hybridized carbons (Fsp3) is 0.333. The van der Waals surface area contributed by atoms with Crippen LogP contribution in [0.25, 0.3) is 0 Å². The van der Waals surface area contributed by atoms with Gasteiger partial charge in [-0.1, -0.05) is 56.8 Å². The molecule has 0 unspecified atom stereocenters. The highest BCUT2D eigenvalue weighted by molar-refractivity contribution is 9.09. The maximum atomic E-state index is 5.94. The lowest BCUT2D eigenvalue weighted by molar-refractivity contribution is 1.10. The Balaban J connectivity index is 2.68. The lowest BCUT2D eigenvalue weighted by atomic mass is 10.1. The van der Waals surface area contributed by atoms with Crippen molar-refractivity contribution in [2.24, 2.45) is 0 Å². The largest absolute Gasteiger partial charge is 0.0925 e. The first-order valence-corrected chi connectivity index (χ1v) is 6.66. The average molecular weight is 308 g/mol. The molecule has 82 valence electrons. The Labute approximate surface area is 109 Å². The summed E-state index contributed by atoms with van der Waals surface area (Å²) in [5.74, 6) is 0. The highest BCUT2D eigenvalue weighted by Crippen LogP contribution is 2.23. The summed E-state index contributed by atoms with van der Waals surface area (Å²) in [6, 6.07) is 5.78. The van der Waals surface area contributed by atoms with Gasteiger partial charge in [-0.05, 0) is 37.5 Å². The van der Waals surface area contributed by atoms with Gasteiger partial charge in [-0.3, -0.25) is 0 Å². The van der Waals surface area contributed by atoms with Gasteiger partial charge in [-0.25, -0.2) is 0 Å². The molecular formula is C12H13BrCl2. The number of rotatable bonds is 4. The van der Waals surface area contributed by atoms with Crippen LogP contribution in [0.4, 0.5) is 0 Å². The average Bonchev–Trinajstić information content (AvgIpc) is 2.20. The minimum atomic E-state index is 0.613. The van der Waals surface area contributed by atoms with E-state index >= 15 is 0 Å². The molecule has 0 aromatic heterocycles. The SMILES string of the molecule is CC(=CCCBr)Cc1ccc(Cl)c(Cl)c1. The number of alkyl halides is 1. The summed E-state index contributed by atoms with van der Waals surface area (Å²) in [4.78, 5) is 0. The van der Waals surface area contributed by atoms with E-state index in [1.165, 1.54) is 11.1 Å². The van der Waals surface area contributed by atoms with Crippen LogP contribution < -0.4 is 0 Å². The Hall–Kier alpha value is 0.0200. The van der Waals surface area contributed by atoms with E-state index in [1.807, 2.05) is 18.2 Å². The third-order valence-electron chi connectivity index (χ3n) is 2.07. The number of allylic oxidation sites excluding steroid dienone is 2. The normalized spacial score (nSPS) is 11.9. The molecule has 0 aliphatic carbocycles. The van der Waals surface area contributed by atoms with Crippen LogP contribution in [0.5, 0.6) is 0 Å². The molecule has 0 saturated heterocycles. The molecule has 15 heavy (non-hydrogen) atoms. The monoisotopic (exact) mass is 306 g/mol. The van der Waals surface area contributed by atoms with E-state index in [0.29, 0.717) is 10.0 Å². The quantitative estimate of drug-likeness (QED) is 0.525. The molecule has 0 bridgehead atoms. The third-order valence-corrected chi connectivity index (χ3v) is 3.27. The molecule has 0 N–H and O–H groups in total. The van der Waals surface area contributed by atoms with Crippen molar-refractivity contribution in [3.63, 3.8) is 0 Å². The molecule has 1 aromatic rings. The molecule has 0 spiro atoms. The fourth-order valence-corrected chi connectivity index (χ4v) is 1.89. The molecule has 0 heterocycles. The molecule has 1 aromatic carbocycles. The molecule has 0 radical (unpaired) electrons. The van der Waals surface area contributed by atoms with Crippen LogP contribution in [0.1, 0.15) is 18.9 Å². The van der Waals surface area contributed by atoms with Gasteiger partial charge in [0.25, 0.3) is 0 Å². The van der Waals surface area contributed by atoms with E-state index in [4.69, 9.17) is 23.2 Å². The van der Waals surface area contributed by atoms with Gasteiger partial charge in [0.05, 0.1) is 10.0 Å². The first-order valence-electron chi connectivity index (χ1n) is 4.79. The second-order valence-corrected chi connectivity index (χ2v) is 5.06. The molecular weight excluding hydrogens is 295 g/mol. The summed E-state index contributed by atoms with van der Waals surface area (Å²) >= 11 is 15.2. The zero-order chi connectivity index (χ0) is 11.3. The molecule has 0 aliphatic rings. The first kappa shape index (κ1) is 13.1. The Kier molecular flexibility index (Phi) is 5.73. The second kappa shape index (κ2) is 6.57. The predicted molar refractivity (Wildman–Crippen MR) is 72.3 cm³/mol. The van der Waals surface area contributed by atoms with Gasteiger partial charge in [-0.15, -0.1) is 0 Å². The van der Waals surface area contributed by atoms with E-state index < -0.39 is 0 Å². The van der Waals surface area contributed by atoms with Crippen LogP contribution >= 0.6 is 39.1 Å². The lowest BCUT2D eigenvalue weighted by Gasteiger charge is -2.03. The van der Waals surface area contributed by atoms with Gasteiger partial charge in [0.1, 0.15) is 0 Å². The number of hydrogen-bond donors (Lipinski definition) is 0. The summed E-state index contributed by atoms with van der Waals surface area (Å²) < 4.78 is 0. The fourth-order valence-electron chi connectivity index (χ4n) is 1.34. The maximum absolute atomic E-state index is 5.94. The van der Waals surface area contributed by atoms with Gasteiger partial charge in [0.2, 0.25) is 0 Å². The first-order chi connectivity index (χ1) is 7.13. The van der Waals surface area contributed by atoms with Crippen molar-refractivity contribution in [3.8, 4) is 0 Å². The third kappa shape index (κ3) is 4.58. The molecule has 0 fully saturated rings. The van der Waals surface area contributed by atoms with Crippen molar-refractivity contribution >= 4 is 39.1 Å². The highest BCUT2D eigenvalue weighted by atomic mass is 79.9. The summed E-state index contributed by atoms with van der Waals surface area (Å²) in [7, 11) is 0. The molecule has 3 heteroatoms. The highest BCUT2D eigenvalue weighted by Gasteiger charge is 2.00. The Morgan fingerprint density at radius 1 is 1.33 bits per heavy atom. The summed E-state index contributed by atoms with van der Waals surface area (Å²) in [6.07, 6.45) is 4.23. The van der Waals surface area contributed by atoms with Gasteiger partial charge in [-0.2, -0.15) is 0 Å². The molecule has 0 amide bonds. The van der Waals surface area contributed by atoms with Crippen LogP contribution in [0, 0.1) is 0 Å². The second-order valence-electron chi connectivity index (χ2n) is 3.45. The van der Waals surface area contributed by atoms with Crippen molar-refractivity contribution in [2.75, 3.05) is 5.33 Å². The molecule has 1 rings (SSSR count). The van der Waals surface area contributed by atoms with Crippen LogP contribution in [0.3, 0.4) is 0 Å². The van der Waals surface area contributed by atoms with Crippen molar-refractivity contribution < 1.29 is 0 Å². The Bertz CT molecular complexity index is 359. The number of halogens is 3. The van der Waals surface area contributed by atoms with E-state index in [0.717, 1.165) is 18.2 Å². The Morgan fingerprint density at radius 3 is 2.67 bits per heavy atom. The molecule has 0 aliphatic heterocycles. The standard InChI is InChI=1S/C12H13BrCl2/c1-9(3-2-6-13)7-10-4-5-11(14)12(15)8-10/h3-5,8H,2,6-7H2,1H3. The van der Waals surface area contributed by atoms with Crippen LogP contribution in [-0.2, 0) is 6.42 Å². The minimum Gasteiger partial charge on any atom is -0.0925 e. The van der Waals surface area contributed by atoms with Crippen LogP contribution in [0.2, 0.25) is 10.0 Å². The maximum Gasteiger partial charge on any atom is 0.0595 e. The predicted octanol–water partition coefficient (Wildman–Crippen LogP) is 5.27. The van der Waals surface area contributed by atoms with E-state index in [2.05, 4.69) is 28.9 Å². The van der Waals surface area contributed by atoms with Crippen LogP contribution in [0.15, 0.2) is 29.8 Å². The van der Waals surface area contributed by atoms with Crippen molar-refractivity contribution in [1.29, 1.82) is 0 Å². The van der Waals surface area contributed by atoms with Gasteiger partial charge in [0.15, 0.2) is 0 Å². The molecule has 0 atom stereocenters. The minimum absolute atomic E-state index is 0.613. The summed E-state index contributed by atoms with van der Waals surface area (Å²) in [5, 5.41) is 2.25. The van der Waals surface area contributed by atoms with Crippen LogP contribution in [-0.4, -0.2) is 5.33 Å². The van der Waals surface area contributed by atoms with Gasteiger partial charge in [0, 0.05) is 5.33 Å². The van der Waals surface area contributed by atoms with Gasteiger partial charge >= 0.3 is 0 Å². The zero-order valence-corrected chi connectivity index (χ0v) is 11.7. The van der Waals surface area contributed by atoms with Crippen molar-refractivity contribution in [2.45, 2.75) is 19.8 Å². The topological polar surface area (TPSA) is 0 Å². The summed E-state index contributed by atoms with van der Waals surface area (Å²) in [5.41, 5.74) is 2.56. The number of benzene rings is 1. The number of hydrogen-bond acceptors (Lipinski definition) is 0.